The number of nitrogens with zero attached hydrogens (tertiary/aromatic N) is 4. The molecule has 1 fully saturated rings. The average molecular weight is 525 g/mol. The molecule has 4 rings (SSSR count). The first-order valence-corrected chi connectivity index (χ1v) is 13.2. The first-order valence-electron chi connectivity index (χ1n) is 11.6. The second-order valence-corrected chi connectivity index (χ2v) is 11.3. The number of anilines is 3. The van der Waals surface area contributed by atoms with Crippen LogP contribution in [0.1, 0.15) is 37.2 Å². The minimum Gasteiger partial charge on any atom is -0.494 e. The zero-order chi connectivity index (χ0) is 26.7. The molecule has 0 radical (unpaired) electrons. The Labute approximate surface area is 214 Å². The molecule has 0 aliphatic heterocycles. The maximum absolute atomic E-state index is 12.6. The van der Waals surface area contributed by atoms with Crippen molar-refractivity contribution in [2.24, 2.45) is 5.92 Å². The van der Waals surface area contributed by atoms with Crippen molar-refractivity contribution in [2.45, 2.75) is 37.0 Å². The highest BCUT2D eigenvalue weighted by Crippen LogP contribution is 2.38. The van der Waals surface area contributed by atoms with Gasteiger partial charge in [0.25, 0.3) is 5.91 Å². The number of methoxy groups -OCH3 is 1. The van der Waals surface area contributed by atoms with Gasteiger partial charge in [-0.1, -0.05) is 6.07 Å². The van der Waals surface area contributed by atoms with E-state index in [1.54, 1.807) is 38.1 Å². The normalized spacial score (nSPS) is 14.5. The Morgan fingerprint density at radius 1 is 1.08 bits per heavy atom. The fraction of sp³-hybridized carbons (Fsp3) is 0.333. The predicted molar refractivity (Wildman–Crippen MR) is 138 cm³/mol. The Bertz CT molecular complexity index is 1440. The van der Waals surface area contributed by atoms with Gasteiger partial charge in [0.05, 0.1) is 33.9 Å². The standard InChI is InChI=1S/C24H28N8O4S/c1-13(2)37(25,35)20-11-10-16(29-31-20)15-6-5-7-17(22(15)36-4)27-18-12-19(28-23(33)14-8-9-14)30-32-21(18)24(34)26-3/h5-7,10-14,25H,8-9H2,1-4H3,(H,26,34)(H2,27,28,30,33)/t37-/m0/s1. The Hall–Kier alpha value is -4.13. The van der Waals surface area contributed by atoms with Crippen LogP contribution in [-0.2, 0) is 14.5 Å². The Balaban J connectivity index is 1.70. The third-order valence-corrected chi connectivity index (χ3v) is 7.98. The number of hydrogen-bond donors (Lipinski definition) is 4. The molecule has 0 spiro atoms. The van der Waals surface area contributed by atoms with Gasteiger partial charge in [-0.2, -0.15) is 0 Å². The third-order valence-electron chi connectivity index (χ3n) is 5.81. The van der Waals surface area contributed by atoms with Gasteiger partial charge in [-0.15, -0.1) is 20.4 Å². The zero-order valence-electron chi connectivity index (χ0n) is 20.9. The summed E-state index contributed by atoms with van der Waals surface area (Å²) < 4.78 is 26.4. The Morgan fingerprint density at radius 3 is 2.43 bits per heavy atom. The maximum atomic E-state index is 12.6. The van der Waals surface area contributed by atoms with Crippen LogP contribution in [0.25, 0.3) is 11.3 Å². The third kappa shape index (κ3) is 5.50. The van der Waals surface area contributed by atoms with E-state index in [4.69, 9.17) is 9.52 Å². The van der Waals surface area contributed by atoms with Gasteiger partial charge < -0.3 is 20.7 Å². The van der Waals surface area contributed by atoms with Crippen molar-refractivity contribution in [3.63, 3.8) is 0 Å². The summed E-state index contributed by atoms with van der Waals surface area (Å²) in [5, 5.41) is 24.4. The topological polar surface area (TPSA) is 172 Å². The smallest absolute Gasteiger partial charge is 0.273 e. The molecule has 2 amide bonds. The Kier molecular flexibility index (Phi) is 7.34. The summed E-state index contributed by atoms with van der Waals surface area (Å²) in [7, 11) is -0.0944. The number of para-hydroxylation sites is 1. The Morgan fingerprint density at radius 2 is 1.84 bits per heavy atom. The van der Waals surface area contributed by atoms with Crippen LogP contribution >= 0.6 is 0 Å². The molecule has 2 heterocycles. The number of benzene rings is 1. The second-order valence-electron chi connectivity index (χ2n) is 8.75. The van der Waals surface area contributed by atoms with E-state index in [1.807, 2.05) is 0 Å². The van der Waals surface area contributed by atoms with Crippen LogP contribution in [0.4, 0.5) is 17.2 Å². The molecule has 1 saturated carbocycles. The number of rotatable bonds is 9. The predicted octanol–water partition coefficient (Wildman–Crippen LogP) is 3.21. The minimum absolute atomic E-state index is 0.0231. The molecule has 194 valence electrons. The van der Waals surface area contributed by atoms with Crippen LogP contribution in [0, 0.1) is 10.7 Å². The lowest BCUT2D eigenvalue weighted by atomic mass is 10.1. The molecule has 1 aliphatic carbocycles. The van der Waals surface area contributed by atoms with Crippen molar-refractivity contribution in [1.29, 1.82) is 4.78 Å². The molecule has 0 bridgehead atoms. The molecule has 0 unspecified atom stereocenters. The van der Waals surface area contributed by atoms with E-state index >= 15 is 0 Å². The van der Waals surface area contributed by atoms with Gasteiger partial charge in [0.15, 0.2) is 22.3 Å². The van der Waals surface area contributed by atoms with Crippen molar-refractivity contribution in [1.82, 2.24) is 25.7 Å². The van der Waals surface area contributed by atoms with Crippen molar-refractivity contribution >= 4 is 38.7 Å². The fourth-order valence-corrected chi connectivity index (χ4v) is 4.39. The van der Waals surface area contributed by atoms with E-state index in [1.165, 1.54) is 26.3 Å². The molecule has 4 N–H and O–H groups in total. The molecule has 1 aliphatic rings. The van der Waals surface area contributed by atoms with E-state index in [0.717, 1.165) is 12.8 Å². The zero-order valence-corrected chi connectivity index (χ0v) is 21.7. The SMILES string of the molecule is CNC(=O)c1nnc(NC(=O)C2CC2)cc1Nc1cccc(-c2ccc([S@@](=N)(=O)C(C)C)nn2)c1OC. The highest BCUT2D eigenvalue weighted by molar-refractivity contribution is 7.92. The van der Waals surface area contributed by atoms with Crippen LogP contribution in [0.15, 0.2) is 41.4 Å². The molecule has 1 atom stereocenters. The summed E-state index contributed by atoms with van der Waals surface area (Å²) >= 11 is 0. The minimum atomic E-state index is -3.07. The van der Waals surface area contributed by atoms with Crippen molar-refractivity contribution < 1.29 is 18.5 Å². The molecule has 37 heavy (non-hydrogen) atoms. The van der Waals surface area contributed by atoms with Crippen LogP contribution in [0.5, 0.6) is 5.75 Å². The molecular formula is C24H28N8O4S. The number of ether oxygens (including phenoxy) is 1. The van der Waals surface area contributed by atoms with Crippen LogP contribution in [0.2, 0.25) is 0 Å². The van der Waals surface area contributed by atoms with Crippen molar-refractivity contribution in [2.75, 3.05) is 24.8 Å². The first-order chi connectivity index (χ1) is 17.6. The summed E-state index contributed by atoms with van der Waals surface area (Å²) in [5.74, 6) is 0.000463. The van der Waals surface area contributed by atoms with Crippen LogP contribution in [-0.4, -0.2) is 55.8 Å². The van der Waals surface area contributed by atoms with Crippen LogP contribution in [0.3, 0.4) is 0 Å². The number of amides is 2. The van der Waals surface area contributed by atoms with Gasteiger partial charge in [-0.3, -0.25) is 9.59 Å². The van der Waals surface area contributed by atoms with Crippen LogP contribution < -0.4 is 20.7 Å². The number of carbonyl (C=O) groups is 2. The number of nitrogens with one attached hydrogen (secondary N) is 4. The summed E-state index contributed by atoms with van der Waals surface area (Å²) in [6.45, 7) is 3.40. The number of hydrogen-bond acceptors (Lipinski definition) is 10. The van der Waals surface area contributed by atoms with Gasteiger partial charge >= 0.3 is 0 Å². The maximum Gasteiger partial charge on any atom is 0.273 e. The number of carbonyl (C=O) groups excluding carboxylic acids is 2. The van der Waals surface area contributed by atoms with Gasteiger partial charge in [0, 0.05) is 29.8 Å². The summed E-state index contributed by atoms with van der Waals surface area (Å²) in [4.78, 5) is 24.7. The van der Waals surface area contributed by atoms with Gasteiger partial charge in [0.1, 0.15) is 0 Å². The lowest BCUT2D eigenvalue weighted by Crippen LogP contribution is -2.22. The summed E-state index contributed by atoms with van der Waals surface area (Å²) in [6, 6.07) is 9.99. The van der Waals surface area contributed by atoms with Gasteiger partial charge in [-0.05, 0) is 51.0 Å². The fourth-order valence-electron chi connectivity index (χ4n) is 3.48. The summed E-state index contributed by atoms with van der Waals surface area (Å²) in [6.07, 6.45) is 1.68. The monoisotopic (exact) mass is 524 g/mol. The highest BCUT2D eigenvalue weighted by atomic mass is 32.2. The molecule has 13 heteroatoms. The number of aromatic nitrogens is 4. The molecule has 1 aromatic carbocycles. The first kappa shape index (κ1) is 25.9. The van der Waals surface area contributed by atoms with Gasteiger partial charge in [-0.25, -0.2) is 8.99 Å². The molecule has 12 nitrogen and oxygen atoms in total. The van der Waals surface area contributed by atoms with E-state index in [-0.39, 0.29) is 28.4 Å². The van der Waals surface area contributed by atoms with Crippen molar-refractivity contribution in [3.8, 4) is 17.0 Å². The second kappa shape index (κ2) is 10.5. The molecule has 2 aromatic heterocycles. The lowest BCUT2D eigenvalue weighted by molar-refractivity contribution is -0.117. The summed E-state index contributed by atoms with van der Waals surface area (Å²) in [5.41, 5.74) is 1.86. The van der Waals surface area contributed by atoms with E-state index in [0.29, 0.717) is 28.4 Å². The molecule has 3 aromatic rings. The van der Waals surface area contributed by atoms with Crippen molar-refractivity contribution in [3.05, 3.63) is 42.1 Å². The molecular weight excluding hydrogens is 496 g/mol. The quantitative estimate of drug-likeness (QED) is 0.328. The molecule has 0 saturated heterocycles. The van der Waals surface area contributed by atoms with E-state index in [2.05, 4.69) is 36.3 Å². The van der Waals surface area contributed by atoms with Gasteiger partial charge in [0.2, 0.25) is 5.91 Å². The largest absolute Gasteiger partial charge is 0.494 e. The highest BCUT2D eigenvalue weighted by Gasteiger charge is 2.30. The van der Waals surface area contributed by atoms with E-state index < -0.39 is 20.9 Å². The van der Waals surface area contributed by atoms with E-state index in [9.17, 15) is 13.8 Å². The average Bonchev–Trinajstić information content (AvgIpc) is 3.74. The lowest BCUT2D eigenvalue weighted by Gasteiger charge is -2.17.